The molecule has 3 heterocycles. The van der Waals surface area contributed by atoms with Crippen molar-refractivity contribution >= 4 is 17.7 Å². The van der Waals surface area contributed by atoms with Crippen LogP contribution in [0.2, 0.25) is 0 Å². The maximum atomic E-state index is 14.5. The second-order valence-electron chi connectivity index (χ2n) is 8.75. The fourth-order valence-corrected chi connectivity index (χ4v) is 3.96. The smallest absolute Gasteiger partial charge is 0.333 e. The summed E-state index contributed by atoms with van der Waals surface area (Å²) in [5.74, 6) is -2.06. The number of nitrogens with zero attached hydrogens (tertiary/aromatic N) is 5. The van der Waals surface area contributed by atoms with Gasteiger partial charge < -0.3 is 10.6 Å². The van der Waals surface area contributed by atoms with Gasteiger partial charge in [-0.05, 0) is 43.2 Å². The van der Waals surface area contributed by atoms with Gasteiger partial charge in [-0.15, -0.1) is 5.10 Å². The number of hydrogen-bond acceptors (Lipinski definition) is 6. The number of aromatic nitrogens is 5. The van der Waals surface area contributed by atoms with Crippen LogP contribution in [-0.4, -0.2) is 50.4 Å². The molecule has 0 saturated carbocycles. The van der Waals surface area contributed by atoms with Crippen molar-refractivity contribution in [3.05, 3.63) is 94.9 Å². The first kappa shape index (κ1) is 32.7. The van der Waals surface area contributed by atoms with Crippen molar-refractivity contribution in [3.8, 4) is 11.4 Å². The second-order valence-corrected chi connectivity index (χ2v) is 8.75. The Labute approximate surface area is 241 Å². The minimum Gasteiger partial charge on any atom is -0.374 e. The van der Waals surface area contributed by atoms with E-state index in [1.165, 1.54) is 63.6 Å². The second kappa shape index (κ2) is 14.9. The number of amides is 1. The molecule has 228 valence electrons. The van der Waals surface area contributed by atoms with Gasteiger partial charge >= 0.3 is 6.55 Å². The predicted octanol–water partition coefficient (Wildman–Crippen LogP) is 6.45. The molecule has 2 N–H and O–H groups in total. The van der Waals surface area contributed by atoms with E-state index in [9.17, 15) is 35.5 Å². The third-order valence-corrected chi connectivity index (χ3v) is 5.98. The van der Waals surface area contributed by atoms with Gasteiger partial charge in [-0.1, -0.05) is 18.2 Å². The number of hydrogen-bond donors (Lipinski definition) is 2. The van der Waals surface area contributed by atoms with Crippen LogP contribution < -0.4 is 10.6 Å². The van der Waals surface area contributed by atoms with Crippen LogP contribution in [0.1, 0.15) is 36.8 Å². The van der Waals surface area contributed by atoms with Gasteiger partial charge in [-0.25, -0.2) is 37.2 Å². The topological polar surface area (TPSA) is 97.6 Å². The minimum atomic E-state index is -3.07. The molecule has 8 nitrogen and oxygen atoms in total. The first-order chi connectivity index (χ1) is 20.5. The Morgan fingerprint density at radius 1 is 1.12 bits per heavy atom. The summed E-state index contributed by atoms with van der Waals surface area (Å²) in [6.45, 7) is -1.25. The molecule has 0 bridgehead atoms. The van der Waals surface area contributed by atoms with Crippen LogP contribution in [0.25, 0.3) is 17.5 Å². The Bertz CT molecular complexity index is 1550. The molecule has 0 aliphatic rings. The molecule has 0 saturated heterocycles. The van der Waals surface area contributed by atoms with Crippen LogP contribution in [0.4, 0.5) is 36.4 Å². The Morgan fingerprint density at radius 3 is 2.35 bits per heavy atom. The van der Waals surface area contributed by atoms with Crippen molar-refractivity contribution in [3.63, 3.8) is 0 Å². The van der Waals surface area contributed by atoms with Gasteiger partial charge in [-0.2, -0.15) is 13.2 Å². The van der Waals surface area contributed by atoms with Gasteiger partial charge in [0.25, 0.3) is 12.3 Å². The molecule has 0 aliphatic carbocycles. The number of carbonyl (C=O) groups is 1. The highest BCUT2D eigenvalue weighted by Crippen LogP contribution is 2.30. The van der Waals surface area contributed by atoms with Gasteiger partial charge in [0.1, 0.15) is 12.4 Å². The molecule has 0 aliphatic heterocycles. The lowest BCUT2D eigenvalue weighted by atomic mass is 9.93. The van der Waals surface area contributed by atoms with Crippen LogP contribution in [0.3, 0.4) is 0 Å². The van der Waals surface area contributed by atoms with Gasteiger partial charge in [0.15, 0.2) is 5.82 Å². The van der Waals surface area contributed by atoms with Crippen molar-refractivity contribution in [2.45, 2.75) is 32.9 Å². The van der Waals surface area contributed by atoms with E-state index in [2.05, 4.69) is 30.7 Å². The molecule has 0 fully saturated rings. The number of rotatable bonds is 12. The van der Waals surface area contributed by atoms with E-state index in [1.807, 2.05) is 0 Å². The highest BCUT2D eigenvalue weighted by atomic mass is 19.3. The van der Waals surface area contributed by atoms with E-state index in [0.29, 0.717) is 5.69 Å². The molecule has 1 amide bonds. The zero-order chi connectivity index (χ0) is 31.7. The van der Waals surface area contributed by atoms with E-state index < -0.39 is 43.2 Å². The van der Waals surface area contributed by atoms with E-state index in [4.69, 9.17) is 0 Å². The Kier molecular flexibility index (Phi) is 11.3. The molecule has 0 unspecified atom stereocenters. The number of nitrogens with one attached hydrogen (secondary N) is 2. The SMILES string of the molecule is C\C=C(C(=O)NC)/C(/C=C/c1cnc(-c2cn(C(F)F)nc2F)nc1)=C(\C=C\F)[C@@H](CF)Nc1ccc(C)nc1C(F)F. The standard InChI is InChI=1S/C28H26F7N7O/c1-4-17(27(43)36-3)18(7-6-16-12-37-26(38-13-16)20-14-42(28(34)35)41-25(20)33)19(9-10-29)22(11-30)40-21-8-5-15(2)39-23(21)24(31)32/h4-10,12-14,22,24,28,40H,11H2,1-3H3,(H,36,43)/b7-6+,10-9+,17-4+,19-18+/t22-/m1/s1. The lowest BCUT2D eigenvalue weighted by Gasteiger charge is -2.23. The fourth-order valence-electron chi connectivity index (χ4n) is 3.96. The Balaban J connectivity index is 2.09. The number of aryl methyl sites for hydroxylation is 1. The molecule has 0 aromatic carbocycles. The summed E-state index contributed by atoms with van der Waals surface area (Å²) >= 11 is 0. The molecule has 15 heteroatoms. The molecule has 3 rings (SSSR count). The molecule has 43 heavy (non-hydrogen) atoms. The van der Waals surface area contributed by atoms with Gasteiger partial charge in [0.2, 0.25) is 5.95 Å². The Morgan fingerprint density at radius 2 is 1.81 bits per heavy atom. The summed E-state index contributed by atoms with van der Waals surface area (Å²) in [6.07, 6.45) is 5.28. The molecule has 3 aromatic rings. The van der Waals surface area contributed by atoms with Crippen LogP contribution in [-0.2, 0) is 4.79 Å². The predicted molar refractivity (Wildman–Crippen MR) is 146 cm³/mol. The van der Waals surface area contributed by atoms with Crippen molar-refractivity contribution in [2.75, 3.05) is 19.0 Å². The van der Waals surface area contributed by atoms with E-state index in [1.54, 1.807) is 0 Å². The van der Waals surface area contributed by atoms with Gasteiger partial charge in [0.05, 0.1) is 23.6 Å². The van der Waals surface area contributed by atoms with E-state index in [0.717, 1.165) is 12.3 Å². The lowest BCUT2D eigenvalue weighted by Crippen LogP contribution is -2.28. The van der Waals surface area contributed by atoms with Gasteiger partial charge in [-0.3, -0.25) is 4.79 Å². The van der Waals surface area contributed by atoms with Crippen LogP contribution >= 0.6 is 0 Å². The minimum absolute atomic E-state index is 0.0118. The highest BCUT2D eigenvalue weighted by molar-refractivity contribution is 5.99. The third-order valence-electron chi connectivity index (χ3n) is 5.98. The largest absolute Gasteiger partial charge is 0.374 e. The van der Waals surface area contributed by atoms with E-state index >= 15 is 0 Å². The molecule has 1 atom stereocenters. The Hall–Kier alpha value is -4.82. The maximum Gasteiger partial charge on any atom is 0.333 e. The first-order valence-electron chi connectivity index (χ1n) is 12.6. The maximum absolute atomic E-state index is 14.5. The number of anilines is 1. The van der Waals surface area contributed by atoms with E-state index in [-0.39, 0.29) is 50.4 Å². The van der Waals surface area contributed by atoms with Crippen molar-refractivity contribution in [1.82, 2.24) is 30.0 Å². The molecule has 0 spiro atoms. The summed E-state index contributed by atoms with van der Waals surface area (Å²) in [6, 6.07) is 1.32. The fraction of sp³-hybridized carbons (Fsp3) is 0.250. The number of alkyl halides is 5. The zero-order valence-electron chi connectivity index (χ0n) is 23.0. The molecular formula is C28H26F7N7O. The summed E-state index contributed by atoms with van der Waals surface area (Å²) in [4.78, 5) is 24.5. The number of likely N-dealkylation sites (N-methyl/N-ethyl adjacent to an activating group) is 1. The quantitative estimate of drug-likeness (QED) is 0.139. The average molecular weight is 610 g/mol. The summed E-state index contributed by atoms with van der Waals surface area (Å²) in [5, 5.41) is 8.14. The van der Waals surface area contributed by atoms with Crippen LogP contribution in [0.15, 0.2) is 72.0 Å². The van der Waals surface area contributed by atoms with Crippen molar-refractivity contribution < 1.29 is 35.5 Å². The van der Waals surface area contributed by atoms with Crippen LogP contribution in [0.5, 0.6) is 0 Å². The molecule has 3 aromatic heterocycles. The molecular weight excluding hydrogens is 583 g/mol. The molecule has 0 radical (unpaired) electrons. The summed E-state index contributed by atoms with van der Waals surface area (Å²) in [5.41, 5.74) is -0.734. The zero-order valence-corrected chi connectivity index (χ0v) is 23.0. The lowest BCUT2D eigenvalue weighted by molar-refractivity contribution is -0.116. The highest BCUT2D eigenvalue weighted by Gasteiger charge is 2.24. The third kappa shape index (κ3) is 7.93. The first-order valence-corrected chi connectivity index (χ1v) is 12.6. The number of pyridine rings is 1. The van der Waals surface area contributed by atoms with Gasteiger partial charge in [0, 0.05) is 42.5 Å². The van der Waals surface area contributed by atoms with Crippen molar-refractivity contribution in [2.24, 2.45) is 0 Å². The van der Waals surface area contributed by atoms with Crippen LogP contribution in [0, 0.1) is 12.9 Å². The summed E-state index contributed by atoms with van der Waals surface area (Å²) < 4.78 is 95.3. The number of halogens is 7. The van der Waals surface area contributed by atoms with Crippen molar-refractivity contribution in [1.29, 1.82) is 0 Å². The number of carbonyl (C=O) groups excluding carboxylic acids is 1. The summed E-state index contributed by atoms with van der Waals surface area (Å²) in [7, 11) is 1.34. The monoisotopic (exact) mass is 609 g/mol. The average Bonchev–Trinajstić information content (AvgIpc) is 3.39. The normalized spacial score (nSPS) is 13.7. The number of allylic oxidation sites excluding steroid dienone is 2.